The Morgan fingerprint density at radius 1 is 1.37 bits per heavy atom. The van der Waals surface area contributed by atoms with Gasteiger partial charge in [0.1, 0.15) is 5.75 Å². The van der Waals surface area contributed by atoms with E-state index in [0.29, 0.717) is 16.3 Å². The second-order valence-electron chi connectivity index (χ2n) is 3.52. The van der Waals surface area contributed by atoms with Crippen molar-refractivity contribution < 1.29 is 14.5 Å². The van der Waals surface area contributed by atoms with E-state index in [1.807, 2.05) is 0 Å². The van der Waals surface area contributed by atoms with Gasteiger partial charge in [-0.2, -0.15) is 0 Å². The molecule has 2 aromatic rings. The molecule has 1 heterocycles. The summed E-state index contributed by atoms with van der Waals surface area (Å²) in [5.41, 5.74) is 0.151. The van der Waals surface area contributed by atoms with E-state index in [1.165, 1.54) is 30.6 Å². The summed E-state index contributed by atoms with van der Waals surface area (Å²) in [4.78, 5) is 24.8. The van der Waals surface area contributed by atoms with Gasteiger partial charge in [-0.3, -0.25) is 19.9 Å². The van der Waals surface area contributed by atoms with Crippen molar-refractivity contribution >= 4 is 27.9 Å². The van der Waals surface area contributed by atoms with E-state index in [4.69, 9.17) is 4.74 Å². The fourth-order valence-electron chi connectivity index (χ4n) is 1.42. The van der Waals surface area contributed by atoms with Crippen molar-refractivity contribution in [2.45, 2.75) is 0 Å². The van der Waals surface area contributed by atoms with Crippen molar-refractivity contribution in [3.05, 3.63) is 56.8 Å². The fraction of sp³-hybridized carbons (Fsp3) is 0. The molecule has 1 aromatic heterocycles. The van der Waals surface area contributed by atoms with Crippen molar-refractivity contribution in [3.63, 3.8) is 0 Å². The van der Waals surface area contributed by atoms with E-state index in [9.17, 15) is 14.9 Å². The molecular weight excluding hydrogens is 316 g/mol. The molecule has 0 bridgehead atoms. The normalized spacial score (nSPS) is 9.95. The zero-order chi connectivity index (χ0) is 13.8. The van der Waals surface area contributed by atoms with Gasteiger partial charge in [0.25, 0.3) is 0 Å². The molecule has 0 N–H and O–H groups in total. The third-order valence-electron chi connectivity index (χ3n) is 2.23. The van der Waals surface area contributed by atoms with Crippen LogP contribution >= 0.6 is 15.9 Å². The number of carbonyl (C=O) groups is 1. The van der Waals surface area contributed by atoms with Gasteiger partial charge in [0.2, 0.25) is 5.75 Å². The number of halogens is 1. The van der Waals surface area contributed by atoms with Gasteiger partial charge in [0.15, 0.2) is 6.29 Å². The van der Waals surface area contributed by atoms with Crippen LogP contribution in [0, 0.1) is 10.1 Å². The lowest BCUT2D eigenvalue weighted by Gasteiger charge is -2.07. The molecule has 96 valence electrons. The molecular formula is C12H7BrN2O4. The van der Waals surface area contributed by atoms with Crippen LogP contribution in [0.1, 0.15) is 10.4 Å². The third kappa shape index (κ3) is 2.94. The molecule has 0 atom stereocenters. The molecule has 6 nitrogen and oxygen atoms in total. The average molecular weight is 323 g/mol. The summed E-state index contributed by atoms with van der Waals surface area (Å²) in [6.45, 7) is 0. The molecule has 0 aliphatic heterocycles. The second-order valence-corrected chi connectivity index (χ2v) is 4.37. The zero-order valence-corrected chi connectivity index (χ0v) is 11.0. The summed E-state index contributed by atoms with van der Waals surface area (Å²) in [6.07, 6.45) is 3.36. The molecule has 0 amide bonds. The summed E-state index contributed by atoms with van der Waals surface area (Å²) in [6, 6.07) is 5.94. The Balaban J connectivity index is 2.42. The lowest BCUT2D eigenvalue weighted by atomic mass is 10.3. The van der Waals surface area contributed by atoms with E-state index in [-0.39, 0.29) is 17.2 Å². The third-order valence-corrected chi connectivity index (χ3v) is 2.86. The van der Waals surface area contributed by atoms with Crippen LogP contribution < -0.4 is 4.74 Å². The number of rotatable bonds is 4. The summed E-state index contributed by atoms with van der Waals surface area (Å²) in [5.74, 6) is 0.317. The van der Waals surface area contributed by atoms with Gasteiger partial charge in [-0.05, 0) is 28.1 Å². The summed E-state index contributed by atoms with van der Waals surface area (Å²) in [7, 11) is 0. The van der Waals surface area contributed by atoms with Crippen molar-refractivity contribution in [1.82, 2.24) is 4.98 Å². The van der Waals surface area contributed by atoms with E-state index in [1.54, 1.807) is 6.07 Å². The number of benzene rings is 1. The first-order valence-electron chi connectivity index (χ1n) is 5.13. The molecule has 7 heteroatoms. The van der Waals surface area contributed by atoms with Crippen LogP contribution in [0.2, 0.25) is 0 Å². The van der Waals surface area contributed by atoms with E-state index in [2.05, 4.69) is 20.9 Å². The molecule has 1 aromatic carbocycles. The first-order valence-corrected chi connectivity index (χ1v) is 5.92. The van der Waals surface area contributed by atoms with Gasteiger partial charge in [-0.25, -0.2) is 0 Å². The molecule has 0 saturated carbocycles. The van der Waals surface area contributed by atoms with Gasteiger partial charge in [-0.15, -0.1) is 0 Å². The maximum atomic E-state index is 10.9. The quantitative estimate of drug-likeness (QED) is 0.489. The monoisotopic (exact) mass is 322 g/mol. The molecule has 19 heavy (non-hydrogen) atoms. The number of nitro benzene ring substituents is 1. The van der Waals surface area contributed by atoms with Crippen molar-refractivity contribution in [3.8, 4) is 11.5 Å². The predicted molar refractivity (Wildman–Crippen MR) is 70.5 cm³/mol. The highest BCUT2D eigenvalue weighted by atomic mass is 79.9. The minimum atomic E-state index is -0.545. The molecule has 0 radical (unpaired) electrons. The standard InChI is InChI=1S/C12H7BrN2O4/c13-10-2-1-3-11(15(17)18)12(10)19-9-4-8(7-16)5-14-6-9/h1-7H. The number of hydrogen-bond donors (Lipinski definition) is 0. The maximum absolute atomic E-state index is 10.9. The lowest BCUT2D eigenvalue weighted by molar-refractivity contribution is -0.385. The predicted octanol–water partition coefficient (Wildman–Crippen LogP) is 3.36. The van der Waals surface area contributed by atoms with Gasteiger partial charge in [0, 0.05) is 17.8 Å². The van der Waals surface area contributed by atoms with Crippen LogP contribution in [-0.4, -0.2) is 16.2 Å². The molecule has 0 aliphatic rings. The Labute approximate surface area is 116 Å². The summed E-state index contributed by atoms with van der Waals surface area (Å²) in [5, 5.41) is 10.9. The zero-order valence-electron chi connectivity index (χ0n) is 9.45. The Morgan fingerprint density at radius 3 is 2.84 bits per heavy atom. The number of nitro groups is 1. The number of carbonyl (C=O) groups excluding carboxylic acids is 1. The molecule has 0 aliphatic carbocycles. The van der Waals surface area contributed by atoms with Crippen molar-refractivity contribution in [1.29, 1.82) is 0 Å². The van der Waals surface area contributed by atoms with Gasteiger partial charge < -0.3 is 4.74 Å². The number of pyridine rings is 1. The Hall–Kier alpha value is -2.28. The van der Waals surface area contributed by atoms with E-state index in [0.717, 1.165) is 0 Å². The van der Waals surface area contributed by atoms with E-state index >= 15 is 0 Å². The van der Waals surface area contributed by atoms with Gasteiger partial charge >= 0.3 is 5.69 Å². The largest absolute Gasteiger partial charge is 0.447 e. The summed E-state index contributed by atoms with van der Waals surface area (Å²) >= 11 is 3.19. The number of para-hydroxylation sites is 1. The lowest BCUT2D eigenvalue weighted by Crippen LogP contribution is -1.95. The molecule has 2 rings (SSSR count). The van der Waals surface area contributed by atoms with Crippen LogP contribution in [-0.2, 0) is 0 Å². The van der Waals surface area contributed by atoms with Gasteiger partial charge in [-0.1, -0.05) is 6.07 Å². The first kappa shape index (κ1) is 13.2. The number of aldehydes is 1. The van der Waals surface area contributed by atoms with Crippen LogP contribution in [0.15, 0.2) is 41.1 Å². The first-order chi connectivity index (χ1) is 9.11. The topological polar surface area (TPSA) is 82.3 Å². The molecule has 0 unspecified atom stereocenters. The Bertz CT molecular complexity index is 645. The highest BCUT2D eigenvalue weighted by Gasteiger charge is 2.18. The van der Waals surface area contributed by atoms with Crippen molar-refractivity contribution in [2.75, 3.05) is 0 Å². The fourth-order valence-corrected chi connectivity index (χ4v) is 1.85. The van der Waals surface area contributed by atoms with Crippen LogP contribution in [0.4, 0.5) is 5.69 Å². The molecule has 0 saturated heterocycles. The highest BCUT2D eigenvalue weighted by Crippen LogP contribution is 2.37. The van der Waals surface area contributed by atoms with Crippen LogP contribution in [0.3, 0.4) is 0 Å². The summed E-state index contributed by atoms with van der Waals surface area (Å²) < 4.78 is 5.88. The van der Waals surface area contributed by atoms with Crippen molar-refractivity contribution in [2.24, 2.45) is 0 Å². The SMILES string of the molecule is O=Cc1cncc(Oc2c(Br)cccc2[N+](=O)[O-])c1. The second kappa shape index (κ2) is 5.57. The Kier molecular flexibility index (Phi) is 3.86. The smallest absolute Gasteiger partial charge is 0.312 e. The minimum Gasteiger partial charge on any atom is -0.447 e. The van der Waals surface area contributed by atoms with Gasteiger partial charge in [0.05, 0.1) is 15.6 Å². The number of ether oxygens (including phenoxy) is 1. The minimum absolute atomic E-state index is 0.0670. The maximum Gasteiger partial charge on any atom is 0.312 e. The van der Waals surface area contributed by atoms with E-state index < -0.39 is 4.92 Å². The molecule has 0 spiro atoms. The Morgan fingerprint density at radius 2 is 2.16 bits per heavy atom. The van der Waals surface area contributed by atoms with Crippen LogP contribution in [0.5, 0.6) is 11.5 Å². The average Bonchev–Trinajstić information content (AvgIpc) is 2.41. The van der Waals surface area contributed by atoms with Crippen LogP contribution in [0.25, 0.3) is 0 Å². The highest BCUT2D eigenvalue weighted by molar-refractivity contribution is 9.10. The number of nitrogens with zero attached hydrogens (tertiary/aromatic N) is 2. The number of hydrogen-bond acceptors (Lipinski definition) is 5. The number of aromatic nitrogens is 1. The molecule has 0 fully saturated rings.